The average Bonchev–Trinajstić information content (AvgIpc) is 3.27. The molecule has 3 N–H and O–H groups in total. The van der Waals surface area contributed by atoms with E-state index in [4.69, 9.17) is 14.2 Å². The molecule has 0 aliphatic carbocycles. The normalized spacial score (nSPS) is 28.6. The molecule has 0 radical (unpaired) electrons. The lowest BCUT2D eigenvalue weighted by Crippen LogP contribution is -2.47. The van der Waals surface area contributed by atoms with Crippen molar-refractivity contribution in [1.82, 2.24) is 10.2 Å². The summed E-state index contributed by atoms with van der Waals surface area (Å²) in [5.41, 5.74) is 1.75. The van der Waals surface area contributed by atoms with Crippen LogP contribution in [0.2, 0.25) is 0 Å². The predicted molar refractivity (Wildman–Crippen MR) is 134 cm³/mol. The SMILES string of the molecule is O=C(C[C@@H]1C[C@@H]2c3cc(NC(=O)C4CCOCC4)ccc3O[C@@H]2[C@H](CO)O1)NCCN1CCCCC1. The Morgan fingerprint density at radius 1 is 1.11 bits per heavy atom. The van der Waals surface area contributed by atoms with Crippen molar-refractivity contribution in [3.8, 4) is 5.75 Å². The standard InChI is InChI=1S/C27H39N3O6/c31-17-24-26-22(15-20(35-24)16-25(32)28-8-11-30-9-2-1-3-10-30)21-14-19(4-5-23(21)36-26)29-27(33)18-6-12-34-13-7-18/h4-5,14,18,20,22,24,26,31H,1-3,6-13,15-17H2,(H,28,32)(H,29,33)/t20-,22+,24-,26-/m0/s1. The molecule has 4 aliphatic rings. The Hall–Kier alpha value is -2.20. The van der Waals surface area contributed by atoms with Gasteiger partial charge in [0.05, 0.1) is 19.1 Å². The number of carbonyl (C=O) groups is 2. The van der Waals surface area contributed by atoms with Crippen LogP contribution in [0.3, 0.4) is 0 Å². The van der Waals surface area contributed by atoms with Gasteiger partial charge < -0.3 is 34.9 Å². The molecule has 0 bridgehead atoms. The van der Waals surface area contributed by atoms with Gasteiger partial charge in [0.25, 0.3) is 0 Å². The second kappa shape index (κ2) is 11.9. The third-order valence-corrected chi connectivity index (χ3v) is 7.97. The summed E-state index contributed by atoms with van der Waals surface area (Å²) in [6.07, 6.45) is 5.04. The first-order valence-electron chi connectivity index (χ1n) is 13.6. The first kappa shape index (κ1) is 25.4. The predicted octanol–water partition coefficient (Wildman–Crippen LogP) is 2.04. The number of nitrogens with one attached hydrogen (secondary N) is 2. The summed E-state index contributed by atoms with van der Waals surface area (Å²) in [6, 6.07) is 5.71. The number of piperidine rings is 1. The largest absolute Gasteiger partial charge is 0.487 e. The van der Waals surface area contributed by atoms with E-state index in [9.17, 15) is 14.7 Å². The van der Waals surface area contributed by atoms with Crippen LogP contribution in [-0.4, -0.2) is 86.1 Å². The molecule has 9 nitrogen and oxygen atoms in total. The van der Waals surface area contributed by atoms with E-state index < -0.39 is 6.10 Å². The van der Waals surface area contributed by atoms with Crippen molar-refractivity contribution >= 4 is 17.5 Å². The second-order valence-corrected chi connectivity index (χ2v) is 10.5. The number of ether oxygens (including phenoxy) is 3. The summed E-state index contributed by atoms with van der Waals surface area (Å²) in [7, 11) is 0. The van der Waals surface area contributed by atoms with Gasteiger partial charge in [0.1, 0.15) is 18.0 Å². The van der Waals surface area contributed by atoms with Crippen molar-refractivity contribution < 1.29 is 28.9 Å². The van der Waals surface area contributed by atoms with E-state index in [-0.39, 0.29) is 48.9 Å². The smallest absolute Gasteiger partial charge is 0.227 e. The van der Waals surface area contributed by atoms with Crippen LogP contribution in [0, 0.1) is 5.92 Å². The van der Waals surface area contributed by atoms with Crippen LogP contribution in [0.5, 0.6) is 5.75 Å². The van der Waals surface area contributed by atoms with E-state index >= 15 is 0 Å². The van der Waals surface area contributed by atoms with Crippen molar-refractivity contribution in [1.29, 1.82) is 0 Å². The van der Waals surface area contributed by atoms with Gasteiger partial charge >= 0.3 is 0 Å². The monoisotopic (exact) mass is 501 g/mol. The zero-order chi connectivity index (χ0) is 24.9. The number of aliphatic hydroxyl groups is 1. The first-order chi connectivity index (χ1) is 17.6. The fraction of sp³-hybridized carbons (Fsp3) is 0.704. The van der Waals surface area contributed by atoms with Gasteiger partial charge in [0.15, 0.2) is 0 Å². The van der Waals surface area contributed by atoms with Crippen LogP contribution in [-0.2, 0) is 19.1 Å². The van der Waals surface area contributed by atoms with Gasteiger partial charge in [0.2, 0.25) is 11.8 Å². The molecule has 0 saturated carbocycles. The number of hydrogen-bond donors (Lipinski definition) is 3. The number of amides is 2. The van der Waals surface area contributed by atoms with Gasteiger partial charge in [-0.15, -0.1) is 0 Å². The minimum Gasteiger partial charge on any atom is -0.487 e. The van der Waals surface area contributed by atoms with Crippen molar-refractivity contribution in [3.05, 3.63) is 23.8 Å². The third-order valence-electron chi connectivity index (χ3n) is 7.97. The van der Waals surface area contributed by atoms with Gasteiger partial charge in [-0.05, 0) is 63.4 Å². The Kier molecular flexibility index (Phi) is 8.41. The average molecular weight is 502 g/mol. The molecular weight excluding hydrogens is 462 g/mol. The van der Waals surface area contributed by atoms with E-state index in [0.29, 0.717) is 26.2 Å². The van der Waals surface area contributed by atoms with Crippen molar-refractivity contribution in [2.75, 3.05) is 51.3 Å². The molecule has 3 fully saturated rings. The molecule has 4 aliphatic heterocycles. The Labute approximate surface area is 212 Å². The molecule has 4 atom stereocenters. The number of carbonyl (C=O) groups excluding carboxylic acids is 2. The molecule has 5 rings (SSSR count). The van der Waals surface area contributed by atoms with Crippen LogP contribution in [0.4, 0.5) is 5.69 Å². The molecule has 0 unspecified atom stereocenters. The maximum absolute atomic E-state index is 12.7. The summed E-state index contributed by atoms with van der Waals surface area (Å²) < 4.78 is 17.6. The van der Waals surface area contributed by atoms with Crippen molar-refractivity contribution in [2.24, 2.45) is 5.92 Å². The Morgan fingerprint density at radius 2 is 1.92 bits per heavy atom. The van der Waals surface area contributed by atoms with Crippen LogP contribution >= 0.6 is 0 Å². The molecule has 36 heavy (non-hydrogen) atoms. The fourth-order valence-corrected chi connectivity index (χ4v) is 5.99. The summed E-state index contributed by atoms with van der Waals surface area (Å²) in [5.74, 6) is 0.715. The van der Waals surface area contributed by atoms with Crippen LogP contribution in [0.1, 0.15) is 56.4 Å². The van der Waals surface area contributed by atoms with Crippen LogP contribution < -0.4 is 15.4 Å². The van der Waals surface area contributed by atoms with Gasteiger partial charge in [-0.2, -0.15) is 0 Å². The molecule has 4 heterocycles. The molecule has 3 saturated heterocycles. The molecule has 0 aromatic heterocycles. The van der Waals surface area contributed by atoms with E-state index in [2.05, 4.69) is 15.5 Å². The molecule has 2 amide bonds. The molecule has 1 aromatic rings. The van der Waals surface area contributed by atoms with E-state index in [1.165, 1.54) is 19.3 Å². The van der Waals surface area contributed by atoms with E-state index in [0.717, 1.165) is 49.5 Å². The Balaban J connectivity index is 1.18. The molecule has 1 aromatic carbocycles. The summed E-state index contributed by atoms with van der Waals surface area (Å²) in [4.78, 5) is 27.8. The number of hydrogen-bond acceptors (Lipinski definition) is 7. The maximum Gasteiger partial charge on any atom is 0.227 e. The minimum absolute atomic E-state index is 0.00279. The zero-order valence-electron chi connectivity index (χ0n) is 21.0. The number of benzene rings is 1. The van der Waals surface area contributed by atoms with E-state index in [1.807, 2.05) is 18.2 Å². The van der Waals surface area contributed by atoms with Gasteiger partial charge in [-0.25, -0.2) is 0 Å². The lowest BCUT2D eigenvalue weighted by Gasteiger charge is -2.37. The lowest BCUT2D eigenvalue weighted by atomic mass is 9.84. The molecule has 0 spiro atoms. The summed E-state index contributed by atoms with van der Waals surface area (Å²) >= 11 is 0. The van der Waals surface area contributed by atoms with Crippen LogP contribution in [0.25, 0.3) is 0 Å². The number of rotatable bonds is 8. The van der Waals surface area contributed by atoms with Gasteiger partial charge in [-0.1, -0.05) is 6.42 Å². The number of anilines is 1. The molecule has 9 heteroatoms. The first-order valence-corrected chi connectivity index (χ1v) is 13.6. The van der Waals surface area contributed by atoms with Gasteiger partial charge in [-0.3, -0.25) is 9.59 Å². The highest BCUT2D eigenvalue weighted by atomic mass is 16.6. The topological polar surface area (TPSA) is 109 Å². The highest BCUT2D eigenvalue weighted by Crippen LogP contribution is 2.47. The number of likely N-dealkylation sites (tertiary alicyclic amines) is 1. The maximum atomic E-state index is 12.7. The molecular formula is C27H39N3O6. The van der Waals surface area contributed by atoms with Gasteiger partial charge in [0, 0.05) is 49.4 Å². The highest BCUT2D eigenvalue weighted by molar-refractivity contribution is 5.92. The van der Waals surface area contributed by atoms with Crippen molar-refractivity contribution in [2.45, 2.75) is 69.2 Å². The number of fused-ring (bicyclic) bond motifs is 3. The second-order valence-electron chi connectivity index (χ2n) is 10.5. The molecule has 198 valence electrons. The lowest BCUT2D eigenvalue weighted by molar-refractivity contribution is -0.142. The summed E-state index contributed by atoms with van der Waals surface area (Å²) in [6.45, 7) is 4.81. The minimum atomic E-state index is -0.498. The van der Waals surface area contributed by atoms with Crippen LogP contribution in [0.15, 0.2) is 18.2 Å². The van der Waals surface area contributed by atoms with E-state index in [1.54, 1.807) is 0 Å². The summed E-state index contributed by atoms with van der Waals surface area (Å²) in [5, 5.41) is 16.1. The van der Waals surface area contributed by atoms with Crippen molar-refractivity contribution in [3.63, 3.8) is 0 Å². The Bertz CT molecular complexity index is 915. The third kappa shape index (κ3) is 6.02. The zero-order valence-corrected chi connectivity index (χ0v) is 21.0. The number of aliphatic hydroxyl groups excluding tert-OH is 1. The quantitative estimate of drug-likeness (QED) is 0.500. The Morgan fingerprint density at radius 3 is 2.69 bits per heavy atom. The number of nitrogens with zero attached hydrogens (tertiary/aromatic N) is 1. The highest BCUT2D eigenvalue weighted by Gasteiger charge is 2.46. The fourth-order valence-electron chi connectivity index (χ4n) is 5.99.